The summed E-state index contributed by atoms with van der Waals surface area (Å²) in [5, 5.41) is 11.4. The molecule has 4 rings (SSSR count). The summed E-state index contributed by atoms with van der Waals surface area (Å²) in [7, 11) is 0. The van der Waals surface area contributed by atoms with Gasteiger partial charge in [0, 0.05) is 37.3 Å². The van der Waals surface area contributed by atoms with Crippen molar-refractivity contribution in [1.29, 1.82) is 0 Å². The molecule has 2 aromatic rings. The first-order chi connectivity index (χ1) is 17.9. The molecule has 1 atom stereocenters. The predicted octanol–water partition coefficient (Wildman–Crippen LogP) is 4.46. The summed E-state index contributed by atoms with van der Waals surface area (Å²) < 4.78 is 26.2. The Kier molecular flexibility index (Phi) is 8.95. The van der Waals surface area contributed by atoms with Gasteiger partial charge in [0.2, 0.25) is 0 Å². The van der Waals surface area contributed by atoms with Crippen LogP contribution in [0.3, 0.4) is 0 Å². The van der Waals surface area contributed by atoms with Crippen molar-refractivity contribution in [1.82, 2.24) is 9.80 Å². The number of aryl methyl sites for hydroxylation is 1. The number of amides is 1. The topological polar surface area (TPSA) is 79.3 Å². The van der Waals surface area contributed by atoms with Crippen molar-refractivity contribution in [2.24, 2.45) is 0 Å². The van der Waals surface area contributed by atoms with Crippen LogP contribution in [-0.4, -0.2) is 72.6 Å². The van der Waals surface area contributed by atoms with Gasteiger partial charge in [-0.3, -0.25) is 14.5 Å². The average Bonchev–Trinajstić information content (AvgIpc) is 3.14. The lowest BCUT2D eigenvalue weighted by molar-refractivity contribution is -0.140. The Hall–Kier alpha value is -3.23. The number of morpholine rings is 1. The van der Waals surface area contributed by atoms with Crippen LogP contribution in [0.2, 0.25) is 0 Å². The van der Waals surface area contributed by atoms with Crippen molar-refractivity contribution in [3.63, 3.8) is 0 Å². The van der Waals surface area contributed by atoms with Crippen LogP contribution < -0.4 is 4.74 Å². The van der Waals surface area contributed by atoms with Crippen molar-refractivity contribution in [3.05, 3.63) is 70.5 Å². The summed E-state index contributed by atoms with van der Waals surface area (Å²) in [5.74, 6) is -1.71. The fourth-order valence-electron chi connectivity index (χ4n) is 4.89. The molecule has 2 fully saturated rings. The van der Waals surface area contributed by atoms with E-state index in [-0.39, 0.29) is 23.4 Å². The summed E-state index contributed by atoms with van der Waals surface area (Å²) in [5.41, 5.74) is 1.20. The minimum absolute atomic E-state index is 0.0933. The van der Waals surface area contributed by atoms with Gasteiger partial charge in [0.25, 0.3) is 11.7 Å². The number of aliphatic hydroxyl groups excluding tert-OH is 1. The van der Waals surface area contributed by atoms with Gasteiger partial charge in [-0.25, -0.2) is 4.39 Å². The Morgan fingerprint density at radius 3 is 2.57 bits per heavy atom. The van der Waals surface area contributed by atoms with Gasteiger partial charge in [0.15, 0.2) is 0 Å². The van der Waals surface area contributed by atoms with Gasteiger partial charge in [-0.2, -0.15) is 0 Å². The molecule has 1 N–H and O–H groups in total. The Bertz CT molecular complexity index is 1160. The Labute approximate surface area is 217 Å². The number of hydrogen-bond donors (Lipinski definition) is 1. The molecule has 0 bridgehead atoms. The number of halogens is 1. The number of carbonyl (C=O) groups is 2. The van der Waals surface area contributed by atoms with Crippen LogP contribution in [0.1, 0.15) is 48.9 Å². The van der Waals surface area contributed by atoms with Gasteiger partial charge in [-0.05, 0) is 49.6 Å². The zero-order valence-corrected chi connectivity index (χ0v) is 21.5. The highest BCUT2D eigenvalue weighted by Crippen LogP contribution is 2.41. The molecule has 0 spiro atoms. The summed E-state index contributed by atoms with van der Waals surface area (Å²) >= 11 is 0. The number of aliphatic hydroxyl groups is 1. The molecule has 2 saturated heterocycles. The Balaban J connectivity index is 1.66. The molecule has 37 heavy (non-hydrogen) atoms. The summed E-state index contributed by atoms with van der Waals surface area (Å²) in [6, 6.07) is 10.3. The number of rotatable bonds is 10. The van der Waals surface area contributed by atoms with Crippen LogP contribution in [0.25, 0.3) is 5.76 Å². The number of Topliss-reactive ketones (excluding diaryl/α,β-unsaturated/α-hetero) is 1. The number of ether oxygens (including phenoxy) is 2. The SMILES string of the molecule is CCCCOc1ccc(/C(O)=C2\C(=O)C(=O)N(CCCN3CCOCC3)C2c2ccccc2F)c(C)c1. The fourth-order valence-corrected chi connectivity index (χ4v) is 4.89. The van der Waals surface area contributed by atoms with E-state index in [1.54, 1.807) is 43.3 Å². The first kappa shape index (κ1) is 26.8. The molecule has 1 unspecified atom stereocenters. The van der Waals surface area contributed by atoms with Crippen LogP contribution in [0.5, 0.6) is 5.75 Å². The molecule has 2 aliphatic heterocycles. The predicted molar refractivity (Wildman–Crippen MR) is 139 cm³/mol. The first-order valence-corrected chi connectivity index (χ1v) is 13.0. The second-order valence-electron chi connectivity index (χ2n) is 9.50. The second kappa shape index (κ2) is 12.3. The van der Waals surface area contributed by atoms with E-state index in [2.05, 4.69) is 11.8 Å². The van der Waals surface area contributed by atoms with Crippen molar-refractivity contribution in [3.8, 4) is 5.75 Å². The van der Waals surface area contributed by atoms with E-state index in [1.165, 1.54) is 11.0 Å². The van der Waals surface area contributed by atoms with E-state index in [4.69, 9.17) is 9.47 Å². The molecule has 2 aliphatic rings. The van der Waals surface area contributed by atoms with Crippen LogP contribution in [0.4, 0.5) is 4.39 Å². The third kappa shape index (κ3) is 6.02. The van der Waals surface area contributed by atoms with E-state index in [1.807, 2.05) is 0 Å². The van der Waals surface area contributed by atoms with Crippen LogP contribution in [-0.2, 0) is 14.3 Å². The third-order valence-corrected chi connectivity index (χ3v) is 6.94. The molecule has 8 heteroatoms. The number of carbonyl (C=O) groups excluding carboxylic acids is 2. The number of ketones is 1. The lowest BCUT2D eigenvalue weighted by Gasteiger charge is -2.29. The summed E-state index contributed by atoms with van der Waals surface area (Å²) in [6.45, 7) is 8.43. The average molecular weight is 511 g/mol. The Morgan fingerprint density at radius 1 is 1.11 bits per heavy atom. The minimum atomic E-state index is -1.01. The quantitative estimate of drug-likeness (QED) is 0.220. The van der Waals surface area contributed by atoms with Gasteiger partial charge >= 0.3 is 0 Å². The molecule has 1 amide bonds. The van der Waals surface area contributed by atoms with Gasteiger partial charge in [0.1, 0.15) is 17.3 Å². The summed E-state index contributed by atoms with van der Waals surface area (Å²) in [6.07, 6.45) is 2.56. The smallest absolute Gasteiger partial charge is 0.295 e. The molecule has 0 radical (unpaired) electrons. The number of unbranched alkanes of at least 4 members (excludes halogenated alkanes) is 1. The number of nitrogens with zero attached hydrogens (tertiary/aromatic N) is 2. The van der Waals surface area contributed by atoms with Crippen LogP contribution in [0.15, 0.2) is 48.0 Å². The molecule has 2 aromatic carbocycles. The number of benzene rings is 2. The largest absolute Gasteiger partial charge is 0.507 e. The van der Waals surface area contributed by atoms with Crippen molar-refractivity contribution in [2.75, 3.05) is 46.0 Å². The zero-order valence-electron chi connectivity index (χ0n) is 21.5. The first-order valence-electron chi connectivity index (χ1n) is 13.0. The van der Waals surface area contributed by atoms with E-state index in [0.717, 1.165) is 32.5 Å². The zero-order chi connectivity index (χ0) is 26.4. The maximum absolute atomic E-state index is 15.0. The van der Waals surface area contributed by atoms with E-state index < -0.39 is 23.5 Å². The lowest BCUT2D eigenvalue weighted by atomic mass is 9.93. The second-order valence-corrected chi connectivity index (χ2v) is 9.50. The molecule has 0 saturated carbocycles. The minimum Gasteiger partial charge on any atom is -0.507 e. The van der Waals surface area contributed by atoms with Crippen LogP contribution >= 0.6 is 0 Å². The van der Waals surface area contributed by atoms with Gasteiger partial charge in [-0.1, -0.05) is 31.5 Å². The lowest BCUT2D eigenvalue weighted by Crippen LogP contribution is -2.39. The fraction of sp³-hybridized carbons (Fsp3) is 0.448. The maximum atomic E-state index is 15.0. The standard InChI is InChI=1S/C29H35FN2O5/c1-3-4-16-37-21-10-11-22(20(2)19-21)27(33)25-26(23-8-5-6-9-24(23)30)32(29(35)28(25)34)13-7-12-31-14-17-36-18-15-31/h5-6,8-11,19,26,33H,3-4,7,12-18H2,1-2H3/b27-25+. The normalized spacial score (nSPS) is 20.0. The highest BCUT2D eigenvalue weighted by molar-refractivity contribution is 6.46. The van der Waals surface area contributed by atoms with Crippen molar-refractivity contribution in [2.45, 2.75) is 39.2 Å². The van der Waals surface area contributed by atoms with Crippen molar-refractivity contribution >= 4 is 17.4 Å². The number of likely N-dealkylation sites (tertiary alicyclic amines) is 1. The van der Waals surface area contributed by atoms with Gasteiger partial charge < -0.3 is 19.5 Å². The molecule has 7 nitrogen and oxygen atoms in total. The van der Waals surface area contributed by atoms with Crippen LogP contribution in [0, 0.1) is 12.7 Å². The van der Waals surface area contributed by atoms with E-state index >= 15 is 4.39 Å². The van der Waals surface area contributed by atoms with Gasteiger partial charge in [-0.15, -0.1) is 0 Å². The van der Waals surface area contributed by atoms with E-state index in [0.29, 0.717) is 43.1 Å². The molecular weight excluding hydrogens is 475 g/mol. The highest BCUT2D eigenvalue weighted by atomic mass is 19.1. The molecule has 198 valence electrons. The molecule has 2 heterocycles. The highest BCUT2D eigenvalue weighted by Gasteiger charge is 2.46. The van der Waals surface area contributed by atoms with E-state index in [9.17, 15) is 14.7 Å². The molecule has 0 aromatic heterocycles. The third-order valence-electron chi connectivity index (χ3n) is 6.94. The Morgan fingerprint density at radius 2 is 1.86 bits per heavy atom. The number of hydrogen-bond acceptors (Lipinski definition) is 6. The summed E-state index contributed by atoms with van der Waals surface area (Å²) in [4.78, 5) is 30.1. The maximum Gasteiger partial charge on any atom is 0.295 e. The van der Waals surface area contributed by atoms with Gasteiger partial charge in [0.05, 0.1) is 31.4 Å². The monoisotopic (exact) mass is 510 g/mol. The molecule has 0 aliphatic carbocycles. The molecular formula is C29H35FN2O5. The van der Waals surface area contributed by atoms with Crippen molar-refractivity contribution < 1.29 is 28.6 Å².